The van der Waals surface area contributed by atoms with Crippen LogP contribution in [0.1, 0.15) is 62.7 Å². The fourth-order valence-corrected chi connectivity index (χ4v) is 2.96. The van der Waals surface area contributed by atoms with Crippen LogP contribution in [-0.4, -0.2) is 18.5 Å². The second-order valence-corrected chi connectivity index (χ2v) is 6.29. The maximum Gasteiger partial charge on any atom is 0.251 e. The summed E-state index contributed by atoms with van der Waals surface area (Å²) in [6, 6.07) is 8.42. The second kappa shape index (κ2) is 8.06. The molecular formula is C18H28N2O. The van der Waals surface area contributed by atoms with E-state index in [0.717, 1.165) is 30.1 Å². The van der Waals surface area contributed by atoms with Crippen molar-refractivity contribution in [2.24, 2.45) is 5.92 Å². The molecule has 1 saturated carbocycles. The van der Waals surface area contributed by atoms with E-state index in [9.17, 15) is 4.79 Å². The minimum absolute atomic E-state index is 0.0231. The first-order valence-electron chi connectivity index (χ1n) is 8.34. The Kier molecular flexibility index (Phi) is 6.09. The zero-order chi connectivity index (χ0) is 15.1. The Morgan fingerprint density at radius 1 is 1.24 bits per heavy atom. The molecule has 0 aliphatic heterocycles. The van der Waals surface area contributed by atoms with Gasteiger partial charge in [0, 0.05) is 23.8 Å². The highest BCUT2D eigenvalue weighted by molar-refractivity contribution is 5.95. The molecule has 116 valence electrons. The van der Waals surface area contributed by atoms with E-state index in [1.54, 1.807) is 0 Å². The summed E-state index contributed by atoms with van der Waals surface area (Å²) in [6.45, 7) is 5.14. The van der Waals surface area contributed by atoms with E-state index >= 15 is 0 Å². The first-order chi connectivity index (χ1) is 10.2. The van der Waals surface area contributed by atoms with Crippen LogP contribution in [0.15, 0.2) is 24.3 Å². The van der Waals surface area contributed by atoms with Crippen molar-refractivity contribution < 1.29 is 4.79 Å². The van der Waals surface area contributed by atoms with Crippen LogP contribution < -0.4 is 10.6 Å². The molecule has 0 aromatic heterocycles. The summed E-state index contributed by atoms with van der Waals surface area (Å²) in [4.78, 5) is 12.0. The number of carbonyl (C=O) groups is 1. The van der Waals surface area contributed by atoms with Crippen molar-refractivity contribution in [3.63, 3.8) is 0 Å². The standard InChI is InChI=1S/C18H28N2O/c1-3-12-19-18(21)15-7-5-9-17(13-15)20-16-8-4-6-14(2)10-11-16/h5,7,9,13-14,16,20H,3-4,6,8,10-12H2,1-2H3,(H,19,21). The lowest BCUT2D eigenvalue weighted by Crippen LogP contribution is -2.24. The fraction of sp³-hybridized carbons (Fsp3) is 0.611. The van der Waals surface area contributed by atoms with E-state index in [0.29, 0.717) is 6.04 Å². The lowest BCUT2D eigenvalue weighted by atomic mass is 10.0. The number of hydrogen-bond donors (Lipinski definition) is 2. The van der Waals surface area contributed by atoms with Crippen molar-refractivity contribution in [3.05, 3.63) is 29.8 Å². The third-order valence-electron chi connectivity index (χ3n) is 4.29. The van der Waals surface area contributed by atoms with Crippen LogP contribution in [0.5, 0.6) is 0 Å². The van der Waals surface area contributed by atoms with Gasteiger partial charge in [-0.3, -0.25) is 4.79 Å². The Bertz CT molecular complexity index is 458. The van der Waals surface area contributed by atoms with Crippen LogP contribution in [0.2, 0.25) is 0 Å². The highest BCUT2D eigenvalue weighted by Gasteiger charge is 2.16. The lowest BCUT2D eigenvalue weighted by Gasteiger charge is -2.18. The monoisotopic (exact) mass is 288 g/mol. The van der Waals surface area contributed by atoms with E-state index in [-0.39, 0.29) is 5.91 Å². The number of hydrogen-bond acceptors (Lipinski definition) is 2. The predicted molar refractivity (Wildman–Crippen MR) is 88.7 cm³/mol. The van der Waals surface area contributed by atoms with Gasteiger partial charge in [0.15, 0.2) is 0 Å². The fourth-order valence-electron chi connectivity index (χ4n) is 2.96. The van der Waals surface area contributed by atoms with Gasteiger partial charge in [-0.1, -0.05) is 32.8 Å². The highest BCUT2D eigenvalue weighted by atomic mass is 16.1. The molecule has 21 heavy (non-hydrogen) atoms. The molecule has 1 fully saturated rings. The molecule has 0 heterocycles. The molecular weight excluding hydrogens is 260 g/mol. The topological polar surface area (TPSA) is 41.1 Å². The van der Waals surface area contributed by atoms with Gasteiger partial charge in [0.1, 0.15) is 0 Å². The summed E-state index contributed by atoms with van der Waals surface area (Å²) in [5.41, 5.74) is 1.81. The molecule has 0 bridgehead atoms. The molecule has 0 spiro atoms. The maximum atomic E-state index is 12.0. The van der Waals surface area contributed by atoms with E-state index in [1.165, 1.54) is 32.1 Å². The average molecular weight is 288 g/mol. The summed E-state index contributed by atoms with van der Waals surface area (Å²) in [7, 11) is 0. The summed E-state index contributed by atoms with van der Waals surface area (Å²) >= 11 is 0. The third kappa shape index (κ3) is 5.07. The number of amides is 1. The Labute approximate surface area is 128 Å². The van der Waals surface area contributed by atoms with Gasteiger partial charge in [0.25, 0.3) is 5.91 Å². The molecule has 1 aliphatic carbocycles. The Balaban J connectivity index is 1.95. The zero-order valence-electron chi connectivity index (χ0n) is 13.3. The molecule has 2 N–H and O–H groups in total. The van der Waals surface area contributed by atoms with Crippen molar-refractivity contribution in [3.8, 4) is 0 Å². The molecule has 2 rings (SSSR count). The Morgan fingerprint density at radius 2 is 2.10 bits per heavy atom. The quantitative estimate of drug-likeness (QED) is 0.797. The van der Waals surface area contributed by atoms with Crippen molar-refractivity contribution >= 4 is 11.6 Å². The SMILES string of the molecule is CCCNC(=O)c1cccc(NC2CCCC(C)CC2)c1. The minimum atomic E-state index is 0.0231. The number of rotatable bonds is 5. The van der Waals surface area contributed by atoms with Crippen LogP contribution in [-0.2, 0) is 0 Å². The zero-order valence-corrected chi connectivity index (χ0v) is 13.3. The average Bonchev–Trinajstić information content (AvgIpc) is 2.70. The molecule has 1 amide bonds. The lowest BCUT2D eigenvalue weighted by molar-refractivity contribution is 0.0953. The van der Waals surface area contributed by atoms with Gasteiger partial charge in [-0.25, -0.2) is 0 Å². The van der Waals surface area contributed by atoms with Crippen LogP contribution >= 0.6 is 0 Å². The first-order valence-corrected chi connectivity index (χ1v) is 8.34. The largest absolute Gasteiger partial charge is 0.382 e. The van der Waals surface area contributed by atoms with Crippen LogP contribution in [0, 0.1) is 5.92 Å². The number of benzene rings is 1. The summed E-state index contributed by atoms with van der Waals surface area (Å²) < 4.78 is 0. The smallest absolute Gasteiger partial charge is 0.251 e. The number of anilines is 1. The van der Waals surface area contributed by atoms with Gasteiger partial charge in [-0.05, 0) is 49.8 Å². The van der Waals surface area contributed by atoms with Crippen molar-refractivity contribution in [1.29, 1.82) is 0 Å². The van der Waals surface area contributed by atoms with E-state index in [2.05, 4.69) is 30.5 Å². The number of nitrogens with one attached hydrogen (secondary N) is 2. The molecule has 1 aromatic carbocycles. The van der Waals surface area contributed by atoms with Crippen molar-refractivity contribution in [2.75, 3.05) is 11.9 Å². The van der Waals surface area contributed by atoms with Gasteiger partial charge in [0.05, 0.1) is 0 Å². The molecule has 0 radical (unpaired) electrons. The van der Waals surface area contributed by atoms with Crippen LogP contribution in [0.25, 0.3) is 0 Å². The van der Waals surface area contributed by atoms with Gasteiger partial charge < -0.3 is 10.6 Å². The van der Waals surface area contributed by atoms with E-state index in [4.69, 9.17) is 0 Å². The van der Waals surface area contributed by atoms with Gasteiger partial charge >= 0.3 is 0 Å². The van der Waals surface area contributed by atoms with Gasteiger partial charge in [-0.2, -0.15) is 0 Å². The molecule has 2 unspecified atom stereocenters. The second-order valence-electron chi connectivity index (χ2n) is 6.29. The molecule has 2 atom stereocenters. The van der Waals surface area contributed by atoms with Crippen LogP contribution in [0.4, 0.5) is 5.69 Å². The van der Waals surface area contributed by atoms with E-state index in [1.807, 2.05) is 18.2 Å². The maximum absolute atomic E-state index is 12.0. The van der Waals surface area contributed by atoms with Crippen molar-refractivity contribution in [1.82, 2.24) is 5.32 Å². The summed E-state index contributed by atoms with van der Waals surface area (Å²) in [5, 5.41) is 6.54. The van der Waals surface area contributed by atoms with E-state index < -0.39 is 0 Å². The Hall–Kier alpha value is -1.51. The molecule has 0 saturated heterocycles. The Morgan fingerprint density at radius 3 is 2.90 bits per heavy atom. The molecule has 1 aliphatic rings. The molecule has 3 nitrogen and oxygen atoms in total. The third-order valence-corrected chi connectivity index (χ3v) is 4.29. The summed E-state index contributed by atoms with van der Waals surface area (Å²) in [6.07, 6.45) is 7.37. The number of carbonyl (C=O) groups excluding carboxylic acids is 1. The molecule has 3 heteroatoms. The van der Waals surface area contributed by atoms with Gasteiger partial charge in [-0.15, -0.1) is 0 Å². The normalized spacial score (nSPS) is 22.4. The minimum Gasteiger partial charge on any atom is -0.382 e. The first kappa shape index (κ1) is 15.9. The van der Waals surface area contributed by atoms with Crippen LogP contribution in [0.3, 0.4) is 0 Å². The molecule has 1 aromatic rings. The predicted octanol–water partition coefficient (Wildman–Crippen LogP) is 4.21. The summed E-state index contributed by atoms with van der Waals surface area (Å²) in [5.74, 6) is 0.873. The van der Waals surface area contributed by atoms with Crippen molar-refractivity contribution in [2.45, 2.75) is 58.4 Å². The van der Waals surface area contributed by atoms with Gasteiger partial charge in [0.2, 0.25) is 0 Å². The highest BCUT2D eigenvalue weighted by Crippen LogP contribution is 2.25.